The molecule has 1 heterocycles. The van der Waals surface area contributed by atoms with E-state index in [9.17, 15) is 10.1 Å². The molecule has 0 saturated heterocycles. The molecule has 0 aliphatic rings. The maximum Gasteiger partial charge on any atom is 0.245 e. The predicted molar refractivity (Wildman–Crippen MR) is 129 cm³/mol. The number of benzene rings is 2. The summed E-state index contributed by atoms with van der Waals surface area (Å²) in [7, 11) is 4.46. The first kappa shape index (κ1) is 24.6. The summed E-state index contributed by atoms with van der Waals surface area (Å²) in [5.41, 5.74) is 2.08. The molecule has 3 rings (SSSR count). The number of ether oxygens (including phenoxy) is 4. The molecule has 0 radical (unpaired) electrons. The van der Waals surface area contributed by atoms with Gasteiger partial charge in [0, 0.05) is 17.0 Å². The van der Waals surface area contributed by atoms with Crippen LogP contribution in [-0.4, -0.2) is 32.2 Å². The number of amides is 1. The number of para-hydroxylation sites is 1. The van der Waals surface area contributed by atoms with E-state index in [-0.39, 0.29) is 0 Å². The van der Waals surface area contributed by atoms with Crippen LogP contribution in [0, 0.1) is 18.3 Å². The molecular formula is C25H25N3O5S. The van der Waals surface area contributed by atoms with E-state index in [0.29, 0.717) is 35.2 Å². The Hall–Kier alpha value is -4.03. The van der Waals surface area contributed by atoms with Crippen molar-refractivity contribution in [3.63, 3.8) is 0 Å². The molecular weight excluding hydrogens is 454 g/mol. The number of aryl methyl sites for hydroxylation is 1. The van der Waals surface area contributed by atoms with E-state index in [1.165, 1.54) is 27.4 Å². The van der Waals surface area contributed by atoms with Gasteiger partial charge in [0.1, 0.15) is 18.4 Å². The highest BCUT2D eigenvalue weighted by Crippen LogP contribution is 2.39. The molecule has 34 heavy (non-hydrogen) atoms. The van der Waals surface area contributed by atoms with Gasteiger partial charge in [0.2, 0.25) is 11.7 Å². The molecule has 1 amide bonds. The lowest BCUT2D eigenvalue weighted by Crippen LogP contribution is -2.25. The van der Waals surface area contributed by atoms with Crippen LogP contribution in [0.4, 0.5) is 0 Å². The van der Waals surface area contributed by atoms with Gasteiger partial charge in [-0.3, -0.25) is 4.79 Å². The molecule has 3 aromatic rings. The summed E-state index contributed by atoms with van der Waals surface area (Å²) >= 11 is 1.56. The van der Waals surface area contributed by atoms with Gasteiger partial charge in [0.05, 0.1) is 38.1 Å². The Morgan fingerprint density at radius 1 is 1.15 bits per heavy atom. The molecule has 9 heteroatoms. The summed E-state index contributed by atoms with van der Waals surface area (Å²) < 4.78 is 21.9. The fourth-order valence-corrected chi connectivity index (χ4v) is 3.79. The number of nitrogens with zero attached hydrogens (tertiary/aromatic N) is 2. The molecule has 176 valence electrons. The number of hydrogen-bond donors (Lipinski definition) is 1. The van der Waals surface area contributed by atoms with Gasteiger partial charge >= 0.3 is 0 Å². The van der Waals surface area contributed by atoms with E-state index < -0.39 is 11.9 Å². The number of carbonyl (C=O) groups excluding carboxylic acids is 1. The van der Waals surface area contributed by atoms with Crippen molar-refractivity contribution in [3.05, 3.63) is 69.7 Å². The first-order valence-electron chi connectivity index (χ1n) is 10.3. The molecule has 2 aromatic carbocycles. The van der Waals surface area contributed by atoms with Crippen LogP contribution in [0.1, 0.15) is 27.9 Å². The van der Waals surface area contributed by atoms with E-state index in [4.69, 9.17) is 18.9 Å². The molecule has 0 aliphatic heterocycles. The normalized spacial score (nSPS) is 11.5. The predicted octanol–water partition coefficient (Wildman–Crippen LogP) is 4.45. The minimum absolute atomic E-state index is 0.332. The van der Waals surface area contributed by atoms with Crippen LogP contribution in [0.15, 0.2) is 47.9 Å². The maximum atomic E-state index is 12.6. The van der Waals surface area contributed by atoms with Crippen LogP contribution < -0.4 is 24.3 Å². The van der Waals surface area contributed by atoms with Gasteiger partial charge in [-0.25, -0.2) is 4.98 Å². The van der Waals surface area contributed by atoms with Gasteiger partial charge in [-0.15, -0.1) is 11.3 Å². The van der Waals surface area contributed by atoms with Crippen molar-refractivity contribution < 1.29 is 23.7 Å². The molecule has 1 N–H and O–H groups in total. The van der Waals surface area contributed by atoms with Crippen molar-refractivity contribution in [2.45, 2.75) is 19.6 Å². The molecule has 0 aliphatic carbocycles. The largest absolute Gasteiger partial charge is 0.493 e. The summed E-state index contributed by atoms with van der Waals surface area (Å²) in [6.45, 7) is 2.27. The summed E-state index contributed by atoms with van der Waals surface area (Å²) in [6.07, 6.45) is 3.00. The summed E-state index contributed by atoms with van der Waals surface area (Å²) in [5, 5.41) is 15.3. The quantitative estimate of drug-likeness (QED) is 0.429. The third-order valence-electron chi connectivity index (χ3n) is 4.81. The SMILES string of the molecule is COc1cc([C@H](C#N)NC(=O)/C=C/c2ccccc2OCc2csc(C)n2)cc(OC)c1OC. The van der Waals surface area contributed by atoms with Crippen molar-refractivity contribution in [2.24, 2.45) is 0 Å². The lowest BCUT2D eigenvalue weighted by Gasteiger charge is -2.17. The molecule has 0 fully saturated rings. The molecule has 0 unspecified atom stereocenters. The topological polar surface area (TPSA) is 103 Å². The zero-order valence-corrected chi connectivity index (χ0v) is 20.1. The van der Waals surface area contributed by atoms with E-state index in [2.05, 4.69) is 16.4 Å². The third-order valence-corrected chi connectivity index (χ3v) is 5.63. The second-order valence-electron chi connectivity index (χ2n) is 7.05. The average Bonchev–Trinajstić information content (AvgIpc) is 3.29. The van der Waals surface area contributed by atoms with Crippen LogP contribution in [0.25, 0.3) is 6.08 Å². The van der Waals surface area contributed by atoms with Crippen LogP contribution >= 0.6 is 11.3 Å². The van der Waals surface area contributed by atoms with E-state index in [0.717, 1.165) is 16.3 Å². The zero-order valence-electron chi connectivity index (χ0n) is 19.3. The second-order valence-corrected chi connectivity index (χ2v) is 8.11. The Morgan fingerprint density at radius 2 is 1.85 bits per heavy atom. The standard InChI is InChI=1S/C25H25N3O5S/c1-16-27-19(15-34-16)14-33-21-8-6-5-7-17(21)9-10-24(29)28-20(13-26)18-11-22(30-2)25(32-4)23(12-18)31-3/h5-12,15,20H,14H2,1-4H3,(H,28,29)/b10-9+/t20-/m0/s1. The average molecular weight is 480 g/mol. The second kappa shape index (κ2) is 11.7. The van der Waals surface area contributed by atoms with E-state index in [1.54, 1.807) is 29.5 Å². The summed E-state index contributed by atoms with van der Waals surface area (Å²) in [5.74, 6) is 1.37. The highest BCUT2D eigenvalue weighted by molar-refractivity contribution is 7.09. The van der Waals surface area contributed by atoms with Gasteiger partial charge in [0.15, 0.2) is 11.5 Å². The van der Waals surface area contributed by atoms with E-state index >= 15 is 0 Å². The number of hydrogen-bond acceptors (Lipinski definition) is 8. The number of methoxy groups -OCH3 is 3. The maximum absolute atomic E-state index is 12.6. The highest BCUT2D eigenvalue weighted by Gasteiger charge is 2.19. The van der Waals surface area contributed by atoms with Crippen molar-refractivity contribution >= 4 is 23.3 Å². The first-order chi connectivity index (χ1) is 16.5. The van der Waals surface area contributed by atoms with E-state index in [1.807, 2.05) is 36.6 Å². The molecule has 0 bridgehead atoms. The van der Waals surface area contributed by atoms with Crippen molar-refractivity contribution in [1.29, 1.82) is 5.26 Å². The first-order valence-corrected chi connectivity index (χ1v) is 11.2. The number of aromatic nitrogens is 1. The molecule has 1 atom stereocenters. The minimum atomic E-state index is -0.926. The Balaban J connectivity index is 1.72. The Labute approximate surface area is 202 Å². The fourth-order valence-electron chi connectivity index (χ4n) is 3.19. The van der Waals surface area contributed by atoms with Crippen LogP contribution in [0.3, 0.4) is 0 Å². The van der Waals surface area contributed by atoms with Crippen LogP contribution in [0.2, 0.25) is 0 Å². The fraction of sp³-hybridized carbons (Fsp3) is 0.240. The molecule has 0 spiro atoms. The van der Waals surface area contributed by atoms with Crippen molar-refractivity contribution in [1.82, 2.24) is 10.3 Å². The monoisotopic (exact) mass is 479 g/mol. The van der Waals surface area contributed by atoms with Gasteiger partial charge in [-0.05, 0) is 36.8 Å². The number of nitriles is 1. The summed E-state index contributed by atoms with van der Waals surface area (Å²) in [4.78, 5) is 17.0. The zero-order chi connectivity index (χ0) is 24.5. The van der Waals surface area contributed by atoms with Gasteiger partial charge in [-0.1, -0.05) is 18.2 Å². The number of nitrogens with one attached hydrogen (secondary N) is 1. The minimum Gasteiger partial charge on any atom is -0.493 e. The van der Waals surface area contributed by atoms with Crippen LogP contribution in [0.5, 0.6) is 23.0 Å². The van der Waals surface area contributed by atoms with Gasteiger partial charge in [-0.2, -0.15) is 5.26 Å². The number of thiazole rings is 1. The highest BCUT2D eigenvalue weighted by atomic mass is 32.1. The number of carbonyl (C=O) groups is 1. The Morgan fingerprint density at radius 3 is 2.44 bits per heavy atom. The van der Waals surface area contributed by atoms with Gasteiger partial charge in [0.25, 0.3) is 0 Å². The van der Waals surface area contributed by atoms with Gasteiger partial charge < -0.3 is 24.3 Å². The molecule has 8 nitrogen and oxygen atoms in total. The van der Waals surface area contributed by atoms with Crippen molar-refractivity contribution in [3.8, 4) is 29.1 Å². The molecule has 1 aromatic heterocycles. The Bertz CT molecular complexity index is 1190. The Kier molecular flexibility index (Phi) is 8.48. The smallest absolute Gasteiger partial charge is 0.245 e. The summed E-state index contributed by atoms with van der Waals surface area (Å²) in [6, 6.07) is 11.8. The lowest BCUT2D eigenvalue weighted by molar-refractivity contribution is -0.116. The van der Waals surface area contributed by atoms with Crippen molar-refractivity contribution in [2.75, 3.05) is 21.3 Å². The third kappa shape index (κ3) is 6.05. The lowest BCUT2D eigenvalue weighted by atomic mass is 10.1. The molecule has 0 saturated carbocycles. The van der Waals surface area contributed by atoms with Crippen LogP contribution in [-0.2, 0) is 11.4 Å². The number of rotatable bonds is 10.